The standard InChI is InChI=1S/C12H19ClN2O/c1-9(2)12(8-16-3)15-7-11-5-4-10(13)6-14-11/h4-6,9,12,15H,7-8H2,1-3H3. The average molecular weight is 243 g/mol. The first kappa shape index (κ1) is 13.4. The fraction of sp³-hybridized carbons (Fsp3) is 0.583. The van der Waals surface area contributed by atoms with Crippen LogP contribution in [0.5, 0.6) is 0 Å². The minimum atomic E-state index is 0.350. The molecule has 1 N–H and O–H groups in total. The second kappa shape index (κ2) is 6.84. The average Bonchev–Trinajstić information content (AvgIpc) is 2.26. The van der Waals surface area contributed by atoms with Crippen molar-refractivity contribution in [3.8, 4) is 0 Å². The SMILES string of the molecule is COCC(NCc1ccc(Cl)cn1)C(C)C. The number of hydrogen-bond acceptors (Lipinski definition) is 3. The molecule has 4 heteroatoms. The Morgan fingerprint density at radius 3 is 2.69 bits per heavy atom. The normalized spacial score (nSPS) is 13.1. The van der Waals surface area contributed by atoms with Crippen molar-refractivity contribution in [1.29, 1.82) is 0 Å². The lowest BCUT2D eigenvalue weighted by atomic mass is 10.1. The van der Waals surface area contributed by atoms with E-state index in [1.807, 2.05) is 12.1 Å². The zero-order chi connectivity index (χ0) is 12.0. The number of pyridine rings is 1. The Kier molecular flexibility index (Phi) is 5.74. The smallest absolute Gasteiger partial charge is 0.0618 e. The molecule has 0 amide bonds. The summed E-state index contributed by atoms with van der Waals surface area (Å²) in [6.45, 7) is 5.80. The third-order valence-electron chi connectivity index (χ3n) is 2.48. The lowest BCUT2D eigenvalue weighted by Gasteiger charge is -2.21. The molecular formula is C12H19ClN2O. The topological polar surface area (TPSA) is 34.1 Å². The van der Waals surface area contributed by atoms with E-state index in [2.05, 4.69) is 24.1 Å². The summed E-state index contributed by atoms with van der Waals surface area (Å²) in [6.07, 6.45) is 1.67. The largest absolute Gasteiger partial charge is 0.383 e. The predicted octanol–water partition coefficient (Wildman–Crippen LogP) is 2.50. The highest BCUT2D eigenvalue weighted by Gasteiger charge is 2.12. The Morgan fingerprint density at radius 2 is 2.19 bits per heavy atom. The highest BCUT2D eigenvalue weighted by atomic mass is 35.5. The molecule has 3 nitrogen and oxygen atoms in total. The van der Waals surface area contributed by atoms with Crippen molar-refractivity contribution < 1.29 is 4.74 Å². The molecule has 0 radical (unpaired) electrons. The van der Waals surface area contributed by atoms with E-state index in [0.29, 0.717) is 23.6 Å². The Bertz CT molecular complexity index is 300. The van der Waals surface area contributed by atoms with Crippen LogP contribution >= 0.6 is 11.6 Å². The summed E-state index contributed by atoms with van der Waals surface area (Å²) in [7, 11) is 1.72. The second-order valence-corrected chi connectivity index (χ2v) is 4.59. The third kappa shape index (κ3) is 4.47. The minimum Gasteiger partial charge on any atom is -0.383 e. The molecule has 1 atom stereocenters. The van der Waals surface area contributed by atoms with Crippen molar-refractivity contribution in [1.82, 2.24) is 10.3 Å². The van der Waals surface area contributed by atoms with Gasteiger partial charge < -0.3 is 10.1 Å². The summed E-state index contributed by atoms with van der Waals surface area (Å²) < 4.78 is 5.17. The first-order chi connectivity index (χ1) is 7.63. The van der Waals surface area contributed by atoms with Crippen LogP contribution in [0.2, 0.25) is 5.02 Å². The Balaban J connectivity index is 2.45. The van der Waals surface area contributed by atoms with Gasteiger partial charge in [-0.05, 0) is 18.1 Å². The molecule has 1 heterocycles. The summed E-state index contributed by atoms with van der Waals surface area (Å²) in [5.74, 6) is 0.534. The maximum Gasteiger partial charge on any atom is 0.0618 e. The molecule has 0 bridgehead atoms. The summed E-state index contributed by atoms with van der Waals surface area (Å²) in [4.78, 5) is 4.23. The number of nitrogens with zero attached hydrogens (tertiary/aromatic N) is 1. The van der Waals surface area contributed by atoms with Gasteiger partial charge in [0.1, 0.15) is 0 Å². The number of nitrogens with one attached hydrogen (secondary N) is 1. The number of ether oxygens (including phenoxy) is 1. The molecule has 1 aromatic heterocycles. The van der Waals surface area contributed by atoms with Gasteiger partial charge in [-0.3, -0.25) is 4.98 Å². The molecule has 0 aliphatic heterocycles. The molecule has 0 saturated heterocycles. The van der Waals surface area contributed by atoms with Crippen LogP contribution in [0.1, 0.15) is 19.5 Å². The molecule has 1 unspecified atom stereocenters. The Morgan fingerprint density at radius 1 is 1.44 bits per heavy atom. The van der Waals surface area contributed by atoms with Crippen molar-refractivity contribution in [3.63, 3.8) is 0 Å². The van der Waals surface area contributed by atoms with Crippen LogP contribution in [0.3, 0.4) is 0 Å². The van der Waals surface area contributed by atoms with E-state index in [9.17, 15) is 0 Å². The summed E-state index contributed by atoms with van der Waals surface area (Å²) in [5.41, 5.74) is 0.992. The van der Waals surface area contributed by atoms with Crippen LogP contribution in [0.25, 0.3) is 0 Å². The number of rotatable bonds is 6. The van der Waals surface area contributed by atoms with Crippen LogP contribution in [0, 0.1) is 5.92 Å². The molecule has 1 rings (SSSR count). The van der Waals surface area contributed by atoms with Crippen molar-refractivity contribution in [2.45, 2.75) is 26.4 Å². The summed E-state index contributed by atoms with van der Waals surface area (Å²) in [5, 5.41) is 4.09. The van der Waals surface area contributed by atoms with Gasteiger partial charge in [-0.2, -0.15) is 0 Å². The maximum atomic E-state index is 5.77. The molecule has 16 heavy (non-hydrogen) atoms. The van der Waals surface area contributed by atoms with Gasteiger partial charge in [-0.25, -0.2) is 0 Å². The maximum absolute atomic E-state index is 5.77. The highest BCUT2D eigenvalue weighted by molar-refractivity contribution is 6.30. The molecule has 1 aromatic rings. The van der Waals surface area contributed by atoms with Gasteiger partial charge in [0.15, 0.2) is 0 Å². The van der Waals surface area contributed by atoms with Crippen molar-refractivity contribution in [2.75, 3.05) is 13.7 Å². The van der Waals surface area contributed by atoms with Gasteiger partial charge in [-0.15, -0.1) is 0 Å². The molecular weight excluding hydrogens is 224 g/mol. The molecule has 0 saturated carbocycles. The minimum absolute atomic E-state index is 0.350. The third-order valence-corrected chi connectivity index (χ3v) is 2.71. The molecule has 0 fully saturated rings. The van der Waals surface area contributed by atoms with Crippen LogP contribution in [0.15, 0.2) is 18.3 Å². The molecule has 0 aliphatic rings. The van der Waals surface area contributed by atoms with E-state index in [-0.39, 0.29) is 0 Å². The van der Waals surface area contributed by atoms with Gasteiger partial charge in [0.05, 0.1) is 17.3 Å². The van der Waals surface area contributed by atoms with E-state index < -0.39 is 0 Å². The van der Waals surface area contributed by atoms with Crippen LogP contribution in [0.4, 0.5) is 0 Å². The van der Waals surface area contributed by atoms with E-state index in [4.69, 9.17) is 16.3 Å². The van der Waals surface area contributed by atoms with Gasteiger partial charge in [0.25, 0.3) is 0 Å². The van der Waals surface area contributed by atoms with E-state index >= 15 is 0 Å². The van der Waals surface area contributed by atoms with Crippen molar-refractivity contribution in [2.24, 2.45) is 5.92 Å². The quantitative estimate of drug-likeness (QED) is 0.832. The van der Waals surface area contributed by atoms with Crippen molar-refractivity contribution >= 4 is 11.6 Å². The fourth-order valence-corrected chi connectivity index (χ4v) is 1.53. The molecule has 90 valence electrons. The van der Waals surface area contributed by atoms with E-state index in [1.54, 1.807) is 13.3 Å². The summed E-state index contributed by atoms with van der Waals surface area (Å²) in [6, 6.07) is 4.13. The van der Waals surface area contributed by atoms with Crippen molar-refractivity contribution in [3.05, 3.63) is 29.0 Å². The predicted molar refractivity (Wildman–Crippen MR) is 66.6 cm³/mol. The monoisotopic (exact) mass is 242 g/mol. The lowest BCUT2D eigenvalue weighted by Crippen LogP contribution is -2.37. The molecule has 0 aromatic carbocycles. The summed E-state index contributed by atoms with van der Waals surface area (Å²) >= 11 is 5.77. The van der Waals surface area contributed by atoms with Crippen LogP contribution in [-0.4, -0.2) is 24.7 Å². The first-order valence-electron chi connectivity index (χ1n) is 5.46. The Hall–Kier alpha value is -0.640. The highest BCUT2D eigenvalue weighted by Crippen LogP contribution is 2.07. The molecule has 0 spiro atoms. The number of aromatic nitrogens is 1. The van der Waals surface area contributed by atoms with Crippen LogP contribution < -0.4 is 5.32 Å². The zero-order valence-electron chi connectivity index (χ0n) is 10.0. The lowest BCUT2D eigenvalue weighted by molar-refractivity contribution is 0.146. The Labute approximate surface area is 102 Å². The van der Waals surface area contributed by atoms with E-state index in [0.717, 1.165) is 12.2 Å². The van der Waals surface area contributed by atoms with Gasteiger partial charge >= 0.3 is 0 Å². The van der Waals surface area contributed by atoms with E-state index in [1.165, 1.54) is 0 Å². The number of hydrogen-bond donors (Lipinski definition) is 1. The van der Waals surface area contributed by atoms with Gasteiger partial charge in [0.2, 0.25) is 0 Å². The molecule has 0 aliphatic carbocycles. The fourth-order valence-electron chi connectivity index (χ4n) is 1.41. The zero-order valence-corrected chi connectivity index (χ0v) is 10.8. The number of halogens is 1. The van der Waals surface area contributed by atoms with Crippen LogP contribution in [-0.2, 0) is 11.3 Å². The number of methoxy groups -OCH3 is 1. The first-order valence-corrected chi connectivity index (χ1v) is 5.84. The van der Waals surface area contributed by atoms with Gasteiger partial charge in [-0.1, -0.05) is 25.4 Å². The second-order valence-electron chi connectivity index (χ2n) is 4.15. The van der Waals surface area contributed by atoms with Gasteiger partial charge in [0, 0.05) is 25.9 Å².